The van der Waals surface area contributed by atoms with Crippen molar-refractivity contribution in [2.45, 2.75) is 13.5 Å². The molecule has 0 N–H and O–H groups in total. The molecule has 4 aromatic rings. The van der Waals surface area contributed by atoms with E-state index in [4.69, 9.17) is 31.2 Å². The molecule has 2 aromatic carbocycles. The Morgan fingerprint density at radius 3 is 2.44 bits per heavy atom. The van der Waals surface area contributed by atoms with E-state index in [-0.39, 0.29) is 0 Å². The van der Waals surface area contributed by atoms with Gasteiger partial charge in [0.2, 0.25) is 0 Å². The third-order valence-corrected chi connectivity index (χ3v) is 6.55. The quantitative estimate of drug-likeness (QED) is 0.401. The predicted octanol–water partition coefficient (Wildman–Crippen LogP) is 4.70. The monoisotopic (exact) mass is 477 g/mol. The zero-order valence-corrected chi connectivity index (χ0v) is 20.4. The zero-order chi connectivity index (χ0) is 23.7. The number of aryl methyl sites for hydroxylation is 1. The molecule has 8 heteroatoms. The minimum Gasteiger partial charge on any atom is -0.496 e. The van der Waals surface area contributed by atoms with Crippen molar-refractivity contribution in [3.05, 3.63) is 71.0 Å². The average molecular weight is 478 g/mol. The standard InChI is InChI=1S/C26H28ClN5O2/c1-18-14-25(32-26(29-18)22(16-28-32)21-6-4-5-7-24(21)34-3)31-12-10-30(11-13-31)17-19-15-20(27)8-9-23(19)33-2/h4-9,14-16H,10-13,17H2,1-3H3. The number of benzene rings is 2. The SMILES string of the molecule is COc1ccc(Cl)cc1CN1CCN(c2cc(C)nc3c(-c4ccccc4OC)cnn23)CC1. The highest BCUT2D eigenvalue weighted by Crippen LogP contribution is 2.33. The maximum Gasteiger partial charge on any atom is 0.165 e. The second-order valence-corrected chi connectivity index (χ2v) is 8.91. The van der Waals surface area contributed by atoms with Gasteiger partial charge in [0.1, 0.15) is 17.3 Å². The number of anilines is 1. The van der Waals surface area contributed by atoms with Crippen LogP contribution in [-0.2, 0) is 6.54 Å². The second-order valence-electron chi connectivity index (χ2n) is 8.47. The van der Waals surface area contributed by atoms with Crippen molar-refractivity contribution in [3.63, 3.8) is 0 Å². The van der Waals surface area contributed by atoms with Crippen LogP contribution in [0.3, 0.4) is 0 Å². The summed E-state index contributed by atoms with van der Waals surface area (Å²) in [6.07, 6.45) is 1.88. The minimum absolute atomic E-state index is 0.730. The Balaban J connectivity index is 1.39. The van der Waals surface area contributed by atoms with Gasteiger partial charge in [-0.1, -0.05) is 29.8 Å². The number of rotatable bonds is 6. The third kappa shape index (κ3) is 4.29. The first kappa shape index (κ1) is 22.5. The van der Waals surface area contributed by atoms with Crippen molar-refractivity contribution in [2.75, 3.05) is 45.3 Å². The van der Waals surface area contributed by atoms with Gasteiger partial charge >= 0.3 is 0 Å². The number of fused-ring (bicyclic) bond motifs is 1. The largest absolute Gasteiger partial charge is 0.496 e. The highest BCUT2D eigenvalue weighted by Gasteiger charge is 2.23. The van der Waals surface area contributed by atoms with E-state index < -0.39 is 0 Å². The molecule has 176 valence electrons. The van der Waals surface area contributed by atoms with Crippen LogP contribution in [0, 0.1) is 6.92 Å². The molecule has 0 saturated carbocycles. The summed E-state index contributed by atoms with van der Waals surface area (Å²) in [6.45, 7) is 6.49. The number of nitrogens with zero attached hydrogens (tertiary/aromatic N) is 5. The maximum absolute atomic E-state index is 6.22. The second kappa shape index (κ2) is 9.52. The van der Waals surface area contributed by atoms with Crippen molar-refractivity contribution in [1.82, 2.24) is 19.5 Å². The van der Waals surface area contributed by atoms with Crippen molar-refractivity contribution >= 4 is 23.1 Å². The summed E-state index contributed by atoms with van der Waals surface area (Å²) in [7, 11) is 3.39. The van der Waals surface area contributed by atoms with Gasteiger partial charge in [-0.05, 0) is 31.2 Å². The number of piperazine rings is 1. The molecule has 1 aliphatic rings. The van der Waals surface area contributed by atoms with Gasteiger partial charge in [-0.25, -0.2) is 4.98 Å². The number of para-hydroxylation sites is 1. The average Bonchev–Trinajstić information content (AvgIpc) is 3.27. The van der Waals surface area contributed by atoms with Gasteiger partial charge in [0, 0.05) is 60.6 Å². The first-order chi connectivity index (χ1) is 16.6. The van der Waals surface area contributed by atoms with E-state index in [0.717, 1.165) is 83.1 Å². The van der Waals surface area contributed by atoms with E-state index in [2.05, 4.69) is 15.9 Å². The molecule has 0 radical (unpaired) electrons. The normalized spacial score (nSPS) is 14.5. The molecule has 0 bridgehead atoms. The van der Waals surface area contributed by atoms with Crippen LogP contribution in [0.25, 0.3) is 16.8 Å². The van der Waals surface area contributed by atoms with Gasteiger partial charge in [0.25, 0.3) is 0 Å². The molecule has 3 heterocycles. The molecule has 0 amide bonds. The Bertz CT molecular complexity index is 1310. The fourth-order valence-electron chi connectivity index (χ4n) is 4.59. The Labute approximate surface area is 204 Å². The number of methoxy groups -OCH3 is 2. The molecule has 1 fully saturated rings. The third-order valence-electron chi connectivity index (χ3n) is 6.31. The summed E-state index contributed by atoms with van der Waals surface area (Å²) >= 11 is 6.22. The van der Waals surface area contributed by atoms with Gasteiger partial charge in [-0.15, -0.1) is 0 Å². The van der Waals surface area contributed by atoms with E-state index in [0.29, 0.717) is 0 Å². The number of hydrogen-bond acceptors (Lipinski definition) is 6. The molecule has 0 aliphatic carbocycles. The molecule has 0 unspecified atom stereocenters. The van der Waals surface area contributed by atoms with E-state index in [1.165, 1.54) is 0 Å². The fourth-order valence-corrected chi connectivity index (χ4v) is 4.79. The van der Waals surface area contributed by atoms with Crippen molar-refractivity contribution in [1.29, 1.82) is 0 Å². The lowest BCUT2D eigenvalue weighted by molar-refractivity contribution is 0.245. The van der Waals surface area contributed by atoms with Crippen molar-refractivity contribution < 1.29 is 9.47 Å². The van der Waals surface area contributed by atoms with Crippen LogP contribution in [0.2, 0.25) is 5.02 Å². The van der Waals surface area contributed by atoms with Crippen molar-refractivity contribution in [2.24, 2.45) is 0 Å². The minimum atomic E-state index is 0.730. The lowest BCUT2D eigenvalue weighted by atomic mass is 10.1. The Morgan fingerprint density at radius 2 is 1.68 bits per heavy atom. The number of halogens is 1. The summed E-state index contributed by atoms with van der Waals surface area (Å²) in [5, 5.41) is 5.45. The van der Waals surface area contributed by atoms with E-state index in [1.54, 1.807) is 14.2 Å². The number of hydrogen-bond donors (Lipinski definition) is 0. The van der Waals surface area contributed by atoms with Gasteiger partial charge in [-0.2, -0.15) is 9.61 Å². The van der Waals surface area contributed by atoms with Crippen LogP contribution in [0.15, 0.2) is 54.7 Å². The fraction of sp³-hybridized carbons (Fsp3) is 0.308. The first-order valence-corrected chi connectivity index (χ1v) is 11.7. The molecular formula is C26H28ClN5O2. The smallest absolute Gasteiger partial charge is 0.165 e. The molecule has 0 spiro atoms. The molecular weight excluding hydrogens is 450 g/mol. The van der Waals surface area contributed by atoms with E-state index >= 15 is 0 Å². The molecule has 1 aliphatic heterocycles. The van der Waals surface area contributed by atoms with Gasteiger partial charge in [0.05, 0.1) is 26.0 Å². The van der Waals surface area contributed by atoms with Crippen LogP contribution in [0.5, 0.6) is 11.5 Å². The molecule has 7 nitrogen and oxygen atoms in total. The van der Waals surface area contributed by atoms with Crippen molar-refractivity contribution in [3.8, 4) is 22.6 Å². The van der Waals surface area contributed by atoms with Crippen LogP contribution in [-0.4, -0.2) is 59.9 Å². The number of ether oxygens (including phenoxy) is 2. The Kier molecular flexibility index (Phi) is 6.30. The van der Waals surface area contributed by atoms with Crippen LogP contribution >= 0.6 is 11.6 Å². The maximum atomic E-state index is 6.22. The zero-order valence-electron chi connectivity index (χ0n) is 19.7. The summed E-state index contributed by atoms with van der Waals surface area (Å²) < 4.78 is 13.1. The highest BCUT2D eigenvalue weighted by molar-refractivity contribution is 6.30. The van der Waals surface area contributed by atoms with Gasteiger partial charge < -0.3 is 14.4 Å². The summed E-state index contributed by atoms with van der Waals surface area (Å²) in [5.74, 6) is 2.75. The lowest BCUT2D eigenvalue weighted by Gasteiger charge is -2.36. The van der Waals surface area contributed by atoms with E-state index in [9.17, 15) is 0 Å². The summed E-state index contributed by atoms with van der Waals surface area (Å²) in [4.78, 5) is 9.63. The summed E-state index contributed by atoms with van der Waals surface area (Å²) in [6, 6.07) is 15.9. The number of aromatic nitrogens is 3. The molecule has 2 aromatic heterocycles. The molecule has 0 atom stereocenters. The first-order valence-electron chi connectivity index (χ1n) is 11.4. The predicted molar refractivity (Wildman–Crippen MR) is 135 cm³/mol. The van der Waals surface area contributed by atoms with Gasteiger partial charge in [-0.3, -0.25) is 4.90 Å². The molecule has 5 rings (SSSR count). The van der Waals surface area contributed by atoms with Crippen LogP contribution < -0.4 is 14.4 Å². The topological polar surface area (TPSA) is 55.1 Å². The molecule has 34 heavy (non-hydrogen) atoms. The van der Waals surface area contributed by atoms with Crippen LogP contribution in [0.4, 0.5) is 5.82 Å². The van der Waals surface area contributed by atoms with Crippen LogP contribution in [0.1, 0.15) is 11.3 Å². The Morgan fingerprint density at radius 1 is 0.912 bits per heavy atom. The summed E-state index contributed by atoms with van der Waals surface area (Å²) in [5.41, 5.74) is 4.87. The van der Waals surface area contributed by atoms with Gasteiger partial charge in [0.15, 0.2) is 5.65 Å². The van der Waals surface area contributed by atoms with E-state index in [1.807, 2.05) is 60.1 Å². The molecule has 1 saturated heterocycles. The Hall–Kier alpha value is -3.29. The lowest BCUT2D eigenvalue weighted by Crippen LogP contribution is -2.46. The highest BCUT2D eigenvalue weighted by atomic mass is 35.5.